The van der Waals surface area contributed by atoms with Gasteiger partial charge in [-0.25, -0.2) is 4.98 Å². The van der Waals surface area contributed by atoms with E-state index in [1.807, 2.05) is 10.9 Å². The Hall–Kier alpha value is -0.980. The number of thiazole rings is 1. The minimum absolute atomic E-state index is 0.0993. The fourth-order valence-electron chi connectivity index (χ4n) is 3.77. The summed E-state index contributed by atoms with van der Waals surface area (Å²) >= 11 is 1.60. The van der Waals surface area contributed by atoms with Gasteiger partial charge < -0.3 is 10.4 Å². The molecule has 3 rings (SSSR count). The molecule has 1 aliphatic heterocycles. The number of β-amino-alcohol motifs (C(OH)–C–C–N with tert-alkyl or cyclic N) is 1. The van der Waals surface area contributed by atoms with Gasteiger partial charge in [0.2, 0.25) is 5.91 Å². The van der Waals surface area contributed by atoms with E-state index in [9.17, 15) is 9.90 Å². The lowest BCUT2D eigenvalue weighted by atomic mass is 9.99. The topological polar surface area (TPSA) is 65.5 Å². The van der Waals surface area contributed by atoms with Crippen LogP contribution in [0, 0.1) is 5.92 Å². The molecule has 1 saturated heterocycles. The zero-order chi connectivity index (χ0) is 16.1. The summed E-state index contributed by atoms with van der Waals surface area (Å²) in [5, 5.41) is 15.4. The van der Waals surface area contributed by atoms with Crippen molar-refractivity contribution in [2.24, 2.45) is 5.92 Å². The first-order chi connectivity index (χ1) is 11.2. The normalized spacial score (nSPS) is 26.5. The molecule has 2 aliphatic rings. The molecule has 128 valence electrons. The quantitative estimate of drug-likeness (QED) is 0.835. The lowest BCUT2D eigenvalue weighted by molar-refractivity contribution is -0.123. The first-order valence-corrected chi connectivity index (χ1v) is 9.72. The van der Waals surface area contributed by atoms with Gasteiger partial charge in [-0.05, 0) is 18.8 Å². The van der Waals surface area contributed by atoms with Gasteiger partial charge in [0.1, 0.15) is 0 Å². The number of piperidine rings is 1. The Balaban J connectivity index is 1.38. The van der Waals surface area contributed by atoms with Crippen molar-refractivity contribution in [2.75, 3.05) is 13.1 Å². The van der Waals surface area contributed by atoms with Gasteiger partial charge in [-0.15, -0.1) is 11.3 Å². The molecule has 2 fully saturated rings. The monoisotopic (exact) mass is 337 g/mol. The molecule has 23 heavy (non-hydrogen) atoms. The second-order valence-electron chi connectivity index (χ2n) is 6.93. The van der Waals surface area contributed by atoms with Crippen LogP contribution in [0.3, 0.4) is 0 Å². The lowest BCUT2D eigenvalue weighted by Gasteiger charge is -2.36. The Bertz CT molecular complexity index is 488. The number of aliphatic hydroxyl groups excluding tert-OH is 1. The van der Waals surface area contributed by atoms with Crippen LogP contribution in [0.25, 0.3) is 0 Å². The summed E-state index contributed by atoms with van der Waals surface area (Å²) in [6.07, 6.45) is 7.14. The summed E-state index contributed by atoms with van der Waals surface area (Å²) in [6.45, 7) is 2.27. The summed E-state index contributed by atoms with van der Waals surface area (Å²) in [4.78, 5) is 18.6. The number of hydrogen-bond donors (Lipinski definition) is 2. The van der Waals surface area contributed by atoms with Crippen molar-refractivity contribution in [3.05, 3.63) is 16.6 Å². The molecule has 1 saturated carbocycles. The van der Waals surface area contributed by atoms with E-state index in [0.717, 1.165) is 37.5 Å². The predicted octanol–water partition coefficient (Wildman–Crippen LogP) is 2.16. The van der Waals surface area contributed by atoms with Crippen LogP contribution in [0.15, 0.2) is 10.9 Å². The van der Waals surface area contributed by atoms with Gasteiger partial charge in [0, 0.05) is 31.4 Å². The molecule has 1 amide bonds. The van der Waals surface area contributed by atoms with Crippen molar-refractivity contribution >= 4 is 17.2 Å². The predicted molar refractivity (Wildman–Crippen MR) is 91.1 cm³/mol. The number of aromatic nitrogens is 1. The van der Waals surface area contributed by atoms with Gasteiger partial charge in [0.05, 0.1) is 23.4 Å². The number of carbonyl (C=O) groups is 1. The van der Waals surface area contributed by atoms with Crippen LogP contribution in [0.2, 0.25) is 0 Å². The molecule has 1 aromatic heterocycles. The molecule has 0 bridgehead atoms. The number of likely N-dealkylation sites (tertiary alicyclic amines) is 1. The van der Waals surface area contributed by atoms with Crippen molar-refractivity contribution in [2.45, 2.75) is 63.6 Å². The van der Waals surface area contributed by atoms with Gasteiger partial charge in [-0.2, -0.15) is 0 Å². The molecular weight excluding hydrogens is 310 g/mol. The van der Waals surface area contributed by atoms with E-state index >= 15 is 0 Å². The molecule has 5 nitrogen and oxygen atoms in total. The molecule has 0 radical (unpaired) electrons. The maximum Gasteiger partial charge on any atom is 0.220 e. The van der Waals surface area contributed by atoms with E-state index in [0.29, 0.717) is 13.0 Å². The molecule has 6 heteroatoms. The van der Waals surface area contributed by atoms with Crippen LogP contribution < -0.4 is 5.32 Å². The number of nitrogens with one attached hydrogen (secondary N) is 1. The summed E-state index contributed by atoms with van der Waals surface area (Å²) in [5.74, 6) is 0.847. The van der Waals surface area contributed by atoms with E-state index in [1.54, 1.807) is 11.3 Å². The maximum atomic E-state index is 12.1. The van der Waals surface area contributed by atoms with Crippen molar-refractivity contribution in [1.82, 2.24) is 15.2 Å². The molecular formula is C17H27N3O2S. The van der Waals surface area contributed by atoms with Crippen molar-refractivity contribution in [3.8, 4) is 0 Å². The van der Waals surface area contributed by atoms with Crippen molar-refractivity contribution < 1.29 is 9.90 Å². The number of amides is 1. The zero-order valence-electron chi connectivity index (χ0n) is 13.6. The second-order valence-corrected chi connectivity index (χ2v) is 7.65. The Morgan fingerprint density at radius 2 is 2.22 bits per heavy atom. The lowest BCUT2D eigenvalue weighted by Crippen LogP contribution is -2.53. The molecule has 1 aromatic rings. The maximum absolute atomic E-state index is 12.1. The smallest absolute Gasteiger partial charge is 0.220 e. The fraction of sp³-hybridized carbons (Fsp3) is 0.765. The van der Waals surface area contributed by atoms with Crippen molar-refractivity contribution in [3.63, 3.8) is 0 Å². The van der Waals surface area contributed by atoms with E-state index in [-0.39, 0.29) is 11.9 Å². The highest BCUT2D eigenvalue weighted by molar-refractivity contribution is 7.07. The second kappa shape index (κ2) is 8.22. The van der Waals surface area contributed by atoms with Gasteiger partial charge in [-0.1, -0.05) is 25.7 Å². The van der Waals surface area contributed by atoms with Gasteiger partial charge in [0.15, 0.2) is 0 Å². The van der Waals surface area contributed by atoms with Crippen LogP contribution in [0.1, 0.15) is 50.6 Å². The van der Waals surface area contributed by atoms with Crippen LogP contribution in [-0.2, 0) is 11.3 Å². The van der Waals surface area contributed by atoms with E-state index in [1.165, 1.54) is 25.7 Å². The highest BCUT2D eigenvalue weighted by Gasteiger charge is 2.29. The molecule has 0 spiro atoms. The van der Waals surface area contributed by atoms with E-state index in [2.05, 4.69) is 15.2 Å². The zero-order valence-corrected chi connectivity index (χ0v) is 14.4. The van der Waals surface area contributed by atoms with E-state index in [4.69, 9.17) is 0 Å². The molecule has 2 heterocycles. The number of carbonyl (C=O) groups excluding carboxylic acids is 1. The standard InChI is InChI=1S/C17H27N3O2S/c21-16-10-20(9-14-11-23-12-18-14)8-7-15(16)19-17(22)6-5-13-3-1-2-4-13/h11-13,15-16,21H,1-10H2,(H,19,22)/t15-,16-/m1/s1. The molecule has 0 aromatic carbocycles. The summed E-state index contributed by atoms with van der Waals surface area (Å²) < 4.78 is 0. The number of nitrogens with zero attached hydrogens (tertiary/aromatic N) is 2. The number of hydrogen-bond acceptors (Lipinski definition) is 5. The largest absolute Gasteiger partial charge is 0.390 e. The third kappa shape index (κ3) is 4.99. The van der Waals surface area contributed by atoms with Gasteiger partial charge in [-0.3, -0.25) is 9.69 Å². The SMILES string of the molecule is O=C(CCC1CCCC1)N[C@@H]1CCN(Cc2cscn2)C[C@H]1O. The van der Waals surface area contributed by atoms with E-state index < -0.39 is 6.10 Å². The Labute approximate surface area is 142 Å². The molecule has 2 N–H and O–H groups in total. The third-order valence-electron chi connectivity index (χ3n) is 5.14. The highest BCUT2D eigenvalue weighted by atomic mass is 32.1. The minimum atomic E-state index is -0.488. The van der Waals surface area contributed by atoms with Gasteiger partial charge >= 0.3 is 0 Å². The summed E-state index contributed by atoms with van der Waals surface area (Å²) in [6, 6.07) is -0.0993. The van der Waals surface area contributed by atoms with Crippen LogP contribution in [0.5, 0.6) is 0 Å². The average Bonchev–Trinajstić information content (AvgIpc) is 3.21. The molecule has 2 atom stereocenters. The summed E-state index contributed by atoms with van der Waals surface area (Å²) in [5.41, 5.74) is 2.89. The average molecular weight is 337 g/mol. The number of aliphatic hydroxyl groups is 1. The first-order valence-electron chi connectivity index (χ1n) is 8.77. The Morgan fingerprint density at radius 1 is 1.39 bits per heavy atom. The molecule has 0 unspecified atom stereocenters. The Morgan fingerprint density at radius 3 is 2.91 bits per heavy atom. The summed E-state index contributed by atoms with van der Waals surface area (Å²) in [7, 11) is 0. The van der Waals surface area contributed by atoms with Gasteiger partial charge in [0.25, 0.3) is 0 Å². The first kappa shape index (κ1) is 16.9. The van der Waals surface area contributed by atoms with Crippen LogP contribution in [-0.4, -0.2) is 46.1 Å². The fourth-order valence-corrected chi connectivity index (χ4v) is 4.32. The molecule has 1 aliphatic carbocycles. The minimum Gasteiger partial charge on any atom is -0.390 e. The Kier molecular flexibility index (Phi) is 6.02. The third-order valence-corrected chi connectivity index (χ3v) is 5.77. The highest BCUT2D eigenvalue weighted by Crippen LogP contribution is 2.28. The van der Waals surface area contributed by atoms with Crippen molar-refractivity contribution in [1.29, 1.82) is 0 Å². The van der Waals surface area contributed by atoms with Crippen LogP contribution in [0.4, 0.5) is 0 Å². The van der Waals surface area contributed by atoms with Crippen LogP contribution >= 0.6 is 11.3 Å². The number of rotatable bonds is 6.